The van der Waals surface area contributed by atoms with Crippen molar-refractivity contribution in [1.29, 1.82) is 0 Å². The number of carbonyl (C=O) groups excluding carboxylic acids is 3. The standard InChI is InChI=1S/C60H103O11P/c1-4-7-10-13-16-19-22-24-26-27-28-29-31-32-35-37-40-43-46-49-58(62)67-53-57(71-60(64)51-48-45-42-39-36-33-30-25-23-20-17-14-11-8-5-2)55-69-72(65,66)68-54-56(52-61)70-59(63)50-47-44-41-38-34-21-18-15-12-9-6-3/h7,10,15-20,24-26,28-30,56-57,61H,4-6,8-9,11-14,21-23,27,31-55H2,1-3H3,(H,65,66)/b10-7-,18-15-,19-16-,20-17-,26-24-,29-28-,30-25-. The molecule has 72 heavy (non-hydrogen) atoms. The van der Waals surface area contributed by atoms with Gasteiger partial charge < -0.3 is 24.2 Å². The summed E-state index contributed by atoms with van der Waals surface area (Å²) < 4.78 is 39.4. The molecule has 0 aliphatic carbocycles. The fourth-order valence-corrected chi connectivity index (χ4v) is 8.20. The summed E-state index contributed by atoms with van der Waals surface area (Å²) in [4.78, 5) is 48.5. The SMILES string of the molecule is CC/C=C\C/C=C\C/C=C\C/C=C\CCCCCCCCC(=O)OCC(COP(=O)(O)OCC(CO)OC(=O)CCCCCCC/C=C\CCCC)OC(=O)CCCCCCC/C=C\C/C=C\CCCCC. The molecule has 0 heterocycles. The number of phosphoric acid groups is 1. The van der Waals surface area contributed by atoms with Crippen molar-refractivity contribution in [3.05, 3.63) is 85.1 Å². The largest absolute Gasteiger partial charge is 0.472 e. The molecular formula is C60H103O11P. The third-order valence-corrected chi connectivity index (χ3v) is 12.7. The molecule has 0 aliphatic rings. The third kappa shape index (κ3) is 51.6. The van der Waals surface area contributed by atoms with E-state index in [2.05, 4.69) is 106 Å². The number of esters is 3. The van der Waals surface area contributed by atoms with Crippen LogP contribution in [0.4, 0.5) is 0 Å². The maximum atomic E-state index is 12.9. The molecule has 0 aromatic carbocycles. The van der Waals surface area contributed by atoms with Crippen LogP contribution in [0, 0.1) is 0 Å². The Labute approximate surface area is 439 Å². The van der Waals surface area contributed by atoms with E-state index in [0.29, 0.717) is 19.3 Å². The molecule has 0 aromatic rings. The fraction of sp³-hybridized carbons (Fsp3) is 0.717. The Bertz CT molecular complexity index is 1530. The van der Waals surface area contributed by atoms with Crippen LogP contribution in [-0.4, -0.2) is 66.5 Å². The molecule has 2 N–H and O–H groups in total. The van der Waals surface area contributed by atoms with E-state index in [0.717, 1.165) is 148 Å². The number of allylic oxidation sites excluding steroid dienone is 14. The van der Waals surface area contributed by atoms with Crippen LogP contribution in [-0.2, 0) is 42.2 Å². The van der Waals surface area contributed by atoms with Crippen molar-refractivity contribution in [2.75, 3.05) is 26.4 Å². The van der Waals surface area contributed by atoms with Crippen molar-refractivity contribution in [2.45, 2.75) is 251 Å². The number of ether oxygens (including phenoxy) is 3. The average molecular weight is 1030 g/mol. The van der Waals surface area contributed by atoms with Gasteiger partial charge in [0.15, 0.2) is 6.10 Å². The Morgan fingerprint density at radius 3 is 1.17 bits per heavy atom. The Hall–Kier alpha value is -3.34. The van der Waals surface area contributed by atoms with Gasteiger partial charge in [-0.1, -0.05) is 196 Å². The summed E-state index contributed by atoms with van der Waals surface area (Å²) in [7, 11) is -4.76. The predicted molar refractivity (Wildman–Crippen MR) is 298 cm³/mol. The third-order valence-electron chi connectivity index (χ3n) is 11.8. The molecule has 0 saturated heterocycles. The van der Waals surface area contributed by atoms with Gasteiger partial charge in [0.25, 0.3) is 0 Å². The smallest absolute Gasteiger partial charge is 0.462 e. The lowest BCUT2D eigenvalue weighted by Gasteiger charge is -2.21. The zero-order valence-electron chi connectivity index (χ0n) is 45.6. The minimum absolute atomic E-state index is 0.145. The van der Waals surface area contributed by atoms with Gasteiger partial charge in [-0.2, -0.15) is 0 Å². The van der Waals surface area contributed by atoms with Crippen LogP contribution in [0.15, 0.2) is 85.1 Å². The van der Waals surface area contributed by atoms with E-state index in [9.17, 15) is 28.9 Å². The lowest BCUT2D eigenvalue weighted by Crippen LogP contribution is -2.30. The number of carbonyl (C=O) groups is 3. The monoisotopic (exact) mass is 1030 g/mol. The molecule has 0 saturated carbocycles. The van der Waals surface area contributed by atoms with E-state index in [4.69, 9.17) is 23.3 Å². The number of aliphatic hydroxyl groups is 1. The van der Waals surface area contributed by atoms with Gasteiger partial charge >= 0.3 is 25.7 Å². The number of aliphatic hydroxyl groups excluding tert-OH is 1. The van der Waals surface area contributed by atoms with E-state index < -0.39 is 57.8 Å². The quantitative estimate of drug-likeness (QED) is 0.0197. The summed E-state index contributed by atoms with van der Waals surface area (Å²) in [6, 6.07) is 0. The summed E-state index contributed by atoms with van der Waals surface area (Å²) in [6.07, 6.45) is 61.1. The van der Waals surface area contributed by atoms with E-state index in [1.807, 2.05) is 0 Å². The summed E-state index contributed by atoms with van der Waals surface area (Å²) in [5.74, 6) is -1.51. The Morgan fingerprint density at radius 1 is 0.403 bits per heavy atom. The van der Waals surface area contributed by atoms with Crippen LogP contribution < -0.4 is 0 Å². The molecule has 11 nitrogen and oxygen atoms in total. The van der Waals surface area contributed by atoms with Gasteiger partial charge in [0.1, 0.15) is 12.7 Å². The highest BCUT2D eigenvalue weighted by molar-refractivity contribution is 7.47. The van der Waals surface area contributed by atoms with Gasteiger partial charge in [0.2, 0.25) is 0 Å². The van der Waals surface area contributed by atoms with Gasteiger partial charge in [-0.05, 0) is 109 Å². The van der Waals surface area contributed by atoms with E-state index >= 15 is 0 Å². The van der Waals surface area contributed by atoms with Crippen molar-refractivity contribution in [2.24, 2.45) is 0 Å². The molecule has 12 heteroatoms. The molecule has 0 radical (unpaired) electrons. The minimum Gasteiger partial charge on any atom is -0.462 e. The maximum absolute atomic E-state index is 12.9. The number of phosphoric ester groups is 1. The number of unbranched alkanes of at least 4 members (excludes halogenated alkanes) is 21. The lowest BCUT2D eigenvalue weighted by molar-refractivity contribution is -0.161. The Morgan fingerprint density at radius 2 is 0.736 bits per heavy atom. The first-order chi connectivity index (χ1) is 35.2. The minimum atomic E-state index is -4.76. The topological polar surface area (TPSA) is 155 Å². The van der Waals surface area contributed by atoms with Crippen molar-refractivity contribution < 1.29 is 52.2 Å². The molecule has 0 bridgehead atoms. The Balaban J connectivity index is 4.77. The van der Waals surface area contributed by atoms with Crippen LogP contribution in [0.2, 0.25) is 0 Å². The van der Waals surface area contributed by atoms with Crippen LogP contribution in [0.5, 0.6) is 0 Å². The molecule has 3 unspecified atom stereocenters. The molecule has 0 aromatic heterocycles. The van der Waals surface area contributed by atoms with Crippen LogP contribution in [0.1, 0.15) is 239 Å². The average Bonchev–Trinajstić information content (AvgIpc) is 3.37. The summed E-state index contributed by atoms with van der Waals surface area (Å²) in [5, 5.41) is 9.79. The van der Waals surface area contributed by atoms with Crippen LogP contribution in [0.3, 0.4) is 0 Å². The first kappa shape index (κ1) is 68.7. The molecule has 3 atom stereocenters. The number of hydrogen-bond acceptors (Lipinski definition) is 10. The molecule has 414 valence electrons. The first-order valence-corrected chi connectivity index (χ1v) is 30.0. The highest BCUT2D eigenvalue weighted by atomic mass is 31.2. The molecular weight excluding hydrogens is 928 g/mol. The predicted octanol–water partition coefficient (Wildman–Crippen LogP) is 16.7. The van der Waals surface area contributed by atoms with E-state index in [-0.39, 0.29) is 25.9 Å². The maximum Gasteiger partial charge on any atom is 0.472 e. The molecule has 0 fully saturated rings. The van der Waals surface area contributed by atoms with Gasteiger partial charge in [0, 0.05) is 19.3 Å². The van der Waals surface area contributed by atoms with Crippen molar-refractivity contribution in [3.8, 4) is 0 Å². The zero-order valence-corrected chi connectivity index (χ0v) is 46.5. The van der Waals surface area contributed by atoms with Crippen molar-refractivity contribution in [3.63, 3.8) is 0 Å². The molecule has 0 rings (SSSR count). The molecule has 0 spiro atoms. The van der Waals surface area contributed by atoms with Crippen LogP contribution in [0.25, 0.3) is 0 Å². The number of rotatable bonds is 52. The second-order valence-corrected chi connectivity index (χ2v) is 20.2. The number of hydrogen-bond donors (Lipinski definition) is 2. The molecule has 0 amide bonds. The highest BCUT2D eigenvalue weighted by Crippen LogP contribution is 2.43. The second kappa shape index (κ2) is 53.9. The summed E-state index contributed by atoms with van der Waals surface area (Å²) in [5.41, 5.74) is 0. The first-order valence-electron chi connectivity index (χ1n) is 28.5. The molecule has 0 aliphatic heterocycles. The Kier molecular flexibility index (Phi) is 51.4. The highest BCUT2D eigenvalue weighted by Gasteiger charge is 2.28. The van der Waals surface area contributed by atoms with Crippen molar-refractivity contribution >= 4 is 25.7 Å². The summed E-state index contributed by atoms with van der Waals surface area (Å²) >= 11 is 0. The van der Waals surface area contributed by atoms with Gasteiger partial charge in [-0.3, -0.25) is 23.4 Å². The second-order valence-electron chi connectivity index (χ2n) is 18.7. The lowest BCUT2D eigenvalue weighted by atomic mass is 10.1. The van der Waals surface area contributed by atoms with Gasteiger partial charge in [-0.25, -0.2) is 4.57 Å². The van der Waals surface area contributed by atoms with Crippen molar-refractivity contribution in [1.82, 2.24) is 0 Å². The normalized spacial score (nSPS) is 14.0. The van der Waals surface area contributed by atoms with Crippen LogP contribution >= 0.6 is 7.82 Å². The summed E-state index contributed by atoms with van der Waals surface area (Å²) in [6.45, 7) is 4.42. The van der Waals surface area contributed by atoms with Gasteiger partial charge in [0.05, 0.1) is 19.8 Å². The van der Waals surface area contributed by atoms with Gasteiger partial charge in [-0.15, -0.1) is 0 Å². The fourth-order valence-electron chi connectivity index (χ4n) is 7.42. The zero-order chi connectivity index (χ0) is 52.7. The van der Waals surface area contributed by atoms with E-state index in [1.54, 1.807) is 0 Å². The van der Waals surface area contributed by atoms with E-state index in [1.165, 1.54) is 32.1 Å².